The van der Waals surface area contributed by atoms with Gasteiger partial charge in [0.15, 0.2) is 11.5 Å². The quantitative estimate of drug-likeness (QED) is 0.270. The van der Waals surface area contributed by atoms with Crippen molar-refractivity contribution in [2.24, 2.45) is 0 Å². The Kier molecular flexibility index (Phi) is 7.67. The molecule has 0 spiro atoms. The Hall–Kier alpha value is -3.32. The molecule has 7 heteroatoms. The minimum atomic E-state index is -0.426. The van der Waals surface area contributed by atoms with E-state index >= 15 is 0 Å². The lowest BCUT2D eigenvalue weighted by molar-refractivity contribution is -0.111. The fourth-order valence-electron chi connectivity index (χ4n) is 3.00. The van der Waals surface area contributed by atoms with Crippen molar-refractivity contribution >= 4 is 44.4 Å². The third-order valence-electron chi connectivity index (χ3n) is 4.60. The number of ether oxygens (including phenoxy) is 3. The average Bonchev–Trinajstić information content (AvgIpc) is 3.15. The molecule has 0 bridgehead atoms. The Morgan fingerprint density at radius 3 is 2.58 bits per heavy atom. The number of benzene rings is 2. The minimum absolute atomic E-state index is 0.344. The predicted molar refractivity (Wildman–Crippen MR) is 124 cm³/mol. The van der Waals surface area contributed by atoms with Crippen LogP contribution in [0.1, 0.15) is 35.7 Å². The molecule has 3 aromatic rings. The number of carbonyl (C=O) groups excluding carboxylic acids is 2. The van der Waals surface area contributed by atoms with E-state index in [1.54, 1.807) is 32.4 Å². The van der Waals surface area contributed by atoms with E-state index in [4.69, 9.17) is 14.2 Å². The van der Waals surface area contributed by atoms with Crippen LogP contribution in [0.4, 0.5) is 5.00 Å². The number of rotatable bonds is 9. The summed E-state index contributed by atoms with van der Waals surface area (Å²) in [6.45, 7) is 2.39. The van der Waals surface area contributed by atoms with Crippen LogP contribution in [0.25, 0.3) is 16.2 Å². The molecule has 0 unspecified atom stereocenters. The van der Waals surface area contributed by atoms with E-state index in [1.165, 1.54) is 17.4 Å². The first-order chi connectivity index (χ1) is 15.1. The van der Waals surface area contributed by atoms with Gasteiger partial charge in [-0.05, 0) is 36.3 Å². The largest absolute Gasteiger partial charge is 0.493 e. The molecule has 0 aliphatic heterocycles. The van der Waals surface area contributed by atoms with Gasteiger partial charge >= 0.3 is 5.97 Å². The molecule has 6 nitrogen and oxygen atoms in total. The van der Waals surface area contributed by atoms with Crippen LogP contribution in [-0.4, -0.2) is 32.7 Å². The molecular formula is C24H25NO5S. The number of carbonyl (C=O) groups is 2. The molecule has 1 N–H and O–H groups in total. The van der Waals surface area contributed by atoms with Gasteiger partial charge in [-0.3, -0.25) is 4.79 Å². The van der Waals surface area contributed by atoms with Crippen LogP contribution >= 0.6 is 11.3 Å². The highest BCUT2D eigenvalue weighted by Crippen LogP contribution is 2.36. The molecule has 0 radical (unpaired) electrons. The molecule has 0 fully saturated rings. The van der Waals surface area contributed by atoms with Crippen LogP contribution in [0.3, 0.4) is 0 Å². The van der Waals surface area contributed by atoms with Gasteiger partial charge in [-0.25, -0.2) is 4.79 Å². The van der Waals surface area contributed by atoms with Crippen LogP contribution < -0.4 is 14.8 Å². The first-order valence-corrected chi connectivity index (χ1v) is 10.8. The second-order valence-corrected chi connectivity index (χ2v) is 7.78. The maximum atomic E-state index is 12.7. The summed E-state index contributed by atoms with van der Waals surface area (Å²) in [6.07, 6.45) is 4.81. The Morgan fingerprint density at radius 2 is 1.84 bits per heavy atom. The standard InChI is InChI=1S/C24H25NO5S/c1-4-5-14-30-24(27)22-17-8-6-7-9-20(17)31-23(22)25-21(26)13-11-16-10-12-18(28-2)19(15-16)29-3/h6-13,15H,4-5,14H2,1-3H3,(H,25,26). The lowest BCUT2D eigenvalue weighted by atomic mass is 10.1. The summed E-state index contributed by atoms with van der Waals surface area (Å²) in [5.74, 6) is 0.418. The van der Waals surface area contributed by atoms with Crippen molar-refractivity contribution in [3.8, 4) is 11.5 Å². The molecule has 1 amide bonds. The van der Waals surface area contributed by atoms with Crippen molar-refractivity contribution in [2.45, 2.75) is 19.8 Å². The number of nitrogens with one attached hydrogen (secondary N) is 1. The normalized spacial score (nSPS) is 10.9. The topological polar surface area (TPSA) is 73.9 Å². The second-order valence-electron chi connectivity index (χ2n) is 6.73. The Balaban J connectivity index is 1.81. The van der Waals surface area contributed by atoms with Gasteiger partial charge in [-0.2, -0.15) is 0 Å². The van der Waals surface area contributed by atoms with Gasteiger partial charge in [-0.15, -0.1) is 11.3 Å². The summed E-state index contributed by atoms with van der Waals surface area (Å²) in [6, 6.07) is 12.9. The number of thiophene rings is 1. The summed E-state index contributed by atoms with van der Waals surface area (Å²) in [5, 5.41) is 4.08. The second kappa shape index (κ2) is 10.6. The molecule has 162 valence electrons. The van der Waals surface area contributed by atoms with Crippen molar-refractivity contribution in [2.75, 3.05) is 26.1 Å². The molecule has 3 rings (SSSR count). The smallest absolute Gasteiger partial charge is 0.341 e. The van der Waals surface area contributed by atoms with Crippen molar-refractivity contribution < 1.29 is 23.8 Å². The van der Waals surface area contributed by atoms with Gasteiger partial charge in [-0.1, -0.05) is 37.6 Å². The van der Waals surface area contributed by atoms with Crippen LogP contribution in [-0.2, 0) is 9.53 Å². The zero-order chi connectivity index (χ0) is 22.2. The van der Waals surface area contributed by atoms with Crippen molar-refractivity contribution in [1.82, 2.24) is 0 Å². The number of esters is 1. The van der Waals surface area contributed by atoms with Gasteiger partial charge in [0.2, 0.25) is 5.91 Å². The molecule has 0 aliphatic rings. The van der Waals surface area contributed by atoms with Gasteiger partial charge < -0.3 is 19.5 Å². The van der Waals surface area contributed by atoms with Gasteiger partial charge in [0.05, 0.1) is 20.8 Å². The van der Waals surface area contributed by atoms with E-state index in [0.29, 0.717) is 28.7 Å². The molecule has 0 saturated heterocycles. The highest BCUT2D eigenvalue weighted by atomic mass is 32.1. The fraction of sp³-hybridized carbons (Fsp3) is 0.250. The lowest BCUT2D eigenvalue weighted by Crippen LogP contribution is -2.12. The molecule has 1 aromatic heterocycles. The number of amides is 1. The minimum Gasteiger partial charge on any atom is -0.493 e. The Bertz CT molecular complexity index is 1100. The van der Waals surface area contributed by atoms with Crippen LogP contribution in [0, 0.1) is 0 Å². The highest BCUT2D eigenvalue weighted by molar-refractivity contribution is 7.23. The monoisotopic (exact) mass is 439 g/mol. The zero-order valence-corrected chi connectivity index (χ0v) is 18.6. The highest BCUT2D eigenvalue weighted by Gasteiger charge is 2.21. The Morgan fingerprint density at radius 1 is 1.06 bits per heavy atom. The van der Waals surface area contributed by atoms with Crippen molar-refractivity contribution in [3.63, 3.8) is 0 Å². The molecule has 31 heavy (non-hydrogen) atoms. The van der Waals surface area contributed by atoms with Crippen molar-refractivity contribution in [1.29, 1.82) is 0 Å². The number of unbranched alkanes of at least 4 members (excludes halogenated alkanes) is 1. The summed E-state index contributed by atoms with van der Waals surface area (Å²) in [7, 11) is 3.12. The predicted octanol–water partition coefficient (Wildman–Crippen LogP) is 5.53. The average molecular weight is 440 g/mol. The number of methoxy groups -OCH3 is 2. The SMILES string of the molecule is CCCCOC(=O)c1c(NC(=O)C=Cc2ccc(OC)c(OC)c2)sc2ccccc12. The summed E-state index contributed by atoms with van der Waals surface area (Å²) < 4.78 is 16.8. The number of fused-ring (bicyclic) bond motifs is 1. The van der Waals surface area contributed by atoms with Gasteiger partial charge in [0.25, 0.3) is 0 Å². The van der Waals surface area contributed by atoms with E-state index in [9.17, 15) is 9.59 Å². The lowest BCUT2D eigenvalue weighted by Gasteiger charge is -2.08. The van der Waals surface area contributed by atoms with Crippen LogP contribution in [0.2, 0.25) is 0 Å². The number of hydrogen-bond donors (Lipinski definition) is 1. The number of hydrogen-bond acceptors (Lipinski definition) is 6. The summed E-state index contributed by atoms with van der Waals surface area (Å²) in [5.41, 5.74) is 1.17. The Labute approximate surface area is 185 Å². The third-order valence-corrected chi connectivity index (χ3v) is 5.69. The zero-order valence-electron chi connectivity index (χ0n) is 17.8. The first kappa shape index (κ1) is 22.4. The van der Waals surface area contributed by atoms with Gasteiger partial charge in [0, 0.05) is 16.2 Å². The number of anilines is 1. The maximum Gasteiger partial charge on any atom is 0.341 e. The summed E-state index contributed by atoms with van der Waals surface area (Å²) >= 11 is 1.35. The van der Waals surface area contributed by atoms with Crippen LogP contribution in [0.15, 0.2) is 48.5 Å². The third kappa shape index (κ3) is 5.44. The van der Waals surface area contributed by atoms with Gasteiger partial charge in [0.1, 0.15) is 10.6 Å². The van der Waals surface area contributed by atoms with E-state index in [1.807, 2.05) is 37.3 Å². The van der Waals surface area contributed by atoms with E-state index < -0.39 is 5.97 Å². The molecule has 2 aromatic carbocycles. The van der Waals surface area contributed by atoms with E-state index in [0.717, 1.165) is 28.5 Å². The van der Waals surface area contributed by atoms with E-state index in [-0.39, 0.29) is 5.91 Å². The van der Waals surface area contributed by atoms with Crippen molar-refractivity contribution in [3.05, 3.63) is 59.7 Å². The molecule has 1 heterocycles. The van der Waals surface area contributed by atoms with Crippen LogP contribution in [0.5, 0.6) is 11.5 Å². The molecular weight excluding hydrogens is 414 g/mol. The summed E-state index contributed by atoms with van der Waals surface area (Å²) in [4.78, 5) is 25.3. The molecule has 0 saturated carbocycles. The molecule has 0 atom stereocenters. The first-order valence-electron chi connectivity index (χ1n) is 9.97. The molecule has 0 aliphatic carbocycles. The maximum absolute atomic E-state index is 12.7. The fourth-order valence-corrected chi connectivity index (χ4v) is 4.09. The van der Waals surface area contributed by atoms with E-state index in [2.05, 4.69) is 5.32 Å².